The van der Waals surface area contributed by atoms with Crippen molar-refractivity contribution in [3.05, 3.63) is 22.8 Å². The summed E-state index contributed by atoms with van der Waals surface area (Å²) in [7, 11) is 0. The molecule has 0 fully saturated rings. The van der Waals surface area contributed by atoms with E-state index in [1.807, 2.05) is 6.92 Å². The Labute approximate surface area is 80.5 Å². The molecule has 13 heavy (non-hydrogen) atoms. The van der Waals surface area contributed by atoms with Gasteiger partial charge < -0.3 is 0 Å². The number of hydrogen-bond acceptors (Lipinski definition) is 3. The maximum absolute atomic E-state index is 11.2. The van der Waals surface area contributed by atoms with Crippen molar-refractivity contribution in [1.82, 2.24) is 5.32 Å². The van der Waals surface area contributed by atoms with Crippen LogP contribution in [0.2, 0.25) is 0 Å². The van der Waals surface area contributed by atoms with Gasteiger partial charge in [0.25, 0.3) is 11.8 Å². The number of carbonyl (C=O) groups is 2. The van der Waals surface area contributed by atoms with Gasteiger partial charge in [0.2, 0.25) is 0 Å². The van der Waals surface area contributed by atoms with Crippen molar-refractivity contribution >= 4 is 28.9 Å². The molecule has 1 aliphatic heterocycles. The number of carbonyl (C=O) groups excluding carboxylic acids is 2. The standard InChI is InChI=1S/C9H7NO2S/c1-4-2-5-7(6(13)3-4)9(12)10-8(5)11/h2H,3H2,1H3,(H,10,11,12). The summed E-state index contributed by atoms with van der Waals surface area (Å²) in [5.74, 6) is -0.685. The normalized spacial score (nSPS) is 21.6. The SMILES string of the molecule is CC1=CC2=C(C(=O)NC2=O)C(=S)C1. The second-order valence-corrected chi connectivity index (χ2v) is 3.66. The summed E-state index contributed by atoms with van der Waals surface area (Å²) in [5, 5.41) is 2.23. The summed E-state index contributed by atoms with van der Waals surface area (Å²) in [5.41, 5.74) is 1.85. The molecule has 0 aromatic carbocycles. The van der Waals surface area contributed by atoms with Crippen LogP contribution >= 0.6 is 12.2 Å². The lowest BCUT2D eigenvalue weighted by molar-refractivity contribution is -0.123. The highest BCUT2D eigenvalue weighted by Crippen LogP contribution is 2.25. The Kier molecular flexibility index (Phi) is 1.66. The second-order valence-electron chi connectivity index (χ2n) is 3.16. The first-order chi connectivity index (χ1) is 6.09. The Morgan fingerprint density at radius 3 is 2.77 bits per heavy atom. The van der Waals surface area contributed by atoms with Gasteiger partial charge in [-0.25, -0.2) is 0 Å². The highest BCUT2D eigenvalue weighted by atomic mass is 32.1. The van der Waals surface area contributed by atoms with Crippen molar-refractivity contribution in [2.75, 3.05) is 0 Å². The molecule has 1 aliphatic carbocycles. The molecule has 4 heteroatoms. The molecule has 0 bridgehead atoms. The molecule has 2 amide bonds. The van der Waals surface area contributed by atoms with Crippen molar-refractivity contribution < 1.29 is 9.59 Å². The first kappa shape index (κ1) is 8.31. The number of amides is 2. The van der Waals surface area contributed by atoms with E-state index in [-0.39, 0.29) is 11.8 Å². The third kappa shape index (κ3) is 1.14. The van der Waals surface area contributed by atoms with Crippen molar-refractivity contribution in [1.29, 1.82) is 0 Å². The van der Waals surface area contributed by atoms with E-state index in [4.69, 9.17) is 12.2 Å². The fourth-order valence-corrected chi connectivity index (χ4v) is 1.95. The lowest BCUT2D eigenvalue weighted by atomic mass is 9.94. The molecule has 0 aromatic heterocycles. The molecular weight excluding hydrogens is 186 g/mol. The zero-order chi connectivity index (χ0) is 9.59. The molecule has 0 spiro atoms. The Morgan fingerprint density at radius 1 is 1.38 bits per heavy atom. The van der Waals surface area contributed by atoms with Crippen LogP contribution in [-0.2, 0) is 9.59 Å². The Morgan fingerprint density at radius 2 is 2.08 bits per heavy atom. The van der Waals surface area contributed by atoms with Crippen LogP contribution < -0.4 is 5.32 Å². The van der Waals surface area contributed by atoms with Gasteiger partial charge in [-0.3, -0.25) is 14.9 Å². The molecule has 0 radical (unpaired) electrons. The summed E-state index contributed by atoms with van der Waals surface area (Å²) >= 11 is 5.04. The van der Waals surface area contributed by atoms with Crippen molar-refractivity contribution in [2.24, 2.45) is 0 Å². The Bertz CT molecular complexity index is 404. The van der Waals surface area contributed by atoms with Gasteiger partial charge in [0, 0.05) is 11.3 Å². The zero-order valence-electron chi connectivity index (χ0n) is 7.01. The average molecular weight is 193 g/mol. The van der Waals surface area contributed by atoms with Gasteiger partial charge >= 0.3 is 0 Å². The van der Waals surface area contributed by atoms with Crippen LogP contribution in [0, 0.1) is 0 Å². The molecule has 0 saturated carbocycles. The van der Waals surface area contributed by atoms with Crippen LogP contribution in [0.1, 0.15) is 13.3 Å². The lowest BCUT2D eigenvalue weighted by Crippen LogP contribution is -2.24. The zero-order valence-corrected chi connectivity index (χ0v) is 7.83. The van der Waals surface area contributed by atoms with E-state index in [0.29, 0.717) is 22.4 Å². The van der Waals surface area contributed by atoms with E-state index in [1.54, 1.807) is 6.08 Å². The molecular formula is C9H7NO2S. The van der Waals surface area contributed by atoms with Crippen LogP contribution in [0.5, 0.6) is 0 Å². The minimum absolute atomic E-state index is 0.332. The number of hydrogen-bond donors (Lipinski definition) is 1. The predicted octanol–water partition coefficient (Wildman–Crippen LogP) is 0.659. The number of nitrogens with one attached hydrogen (secondary N) is 1. The molecule has 1 heterocycles. The van der Waals surface area contributed by atoms with Crippen molar-refractivity contribution in [3.63, 3.8) is 0 Å². The van der Waals surface area contributed by atoms with Crippen LogP contribution in [-0.4, -0.2) is 16.7 Å². The first-order valence-electron chi connectivity index (χ1n) is 3.90. The molecule has 2 rings (SSSR count). The van der Waals surface area contributed by atoms with Crippen molar-refractivity contribution in [2.45, 2.75) is 13.3 Å². The number of imide groups is 1. The number of allylic oxidation sites excluding steroid dienone is 1. The van der Waals surface area contributed by atoms with E-state index in [9.17, 15) is 9.59 Å². The quantitative estimate of drug-likeness (QED) is 0.454. The van der Waals surface area contributed by atoms with E-state index in [2.05, 4.69) is 5.32 Å². The largest absolute Gasteiger partial charge is 0.288 e. The Balaban J connectivity index is 2.60. The van der Waals surface area contributed by atoms with E-state index < -0.39 is 0 Å². The highest BCUT2D eigenvalue weighted by molar-refractivity contribution is 7.81. The first-order valence-corrected chi connectivity index (χ1v) is 4.31. The van der Waals surface area contributed by atoms with E-state index >= 15 is 0 Å². The summed E-state index contributed by atoms with van der Waals surface area (Å²) in [4.78, 5) is 23.0. The molecule has 0 atom stereocenters. The lowest BCUT2D eigenvalue weighted by Gasteiger charge is -2.09. The van der Waals surface area contributed by atoms with Gasteiger partial charge in [-0.1, -0.05) is 17.8 Å². The summed E-state index contributed by atoms with van der Waals surface area (Å²) in [6.07, 6.45) is 2.33. The van der Waals surface area contributed by atoms with E-state index in [0.717, 1.165) is 5.57 Å². The van der Waals surface area contributed by atoms with Gasteiger partial charge in [-0.2, -0.15) is 0 Å². The topological polar surface area (TPSA) is 46.2 Å². The summed E-state index contributed by atoms with van der Waals surface area (Å²) < 4.78 is 0. The number of thiocarbonyl (C=S) groups is 1. The van der Waals surface area contributed by atoms with Crippen LogP contribution in [0.4, 0.5) is 0 Å². The minimum atomic E-state index is -0.353. The van der Waals surface area contributed by atoms with Crippen LogP contribution in [0.15, 0.2) is 22.8 Å². The molecule has 0 saturated heterocycles. The Hall–Kier alpha value is -1.29. The third-order valence-corrected chi connectivity index (χ3v) is 2.43. The maximum atomic E-state index is 11.2. The summed E-state index contributed by atoms with van der Waals surface area (Å²) in [6.45, 7) is 1.89. The predicted molar refractivity (Wildman–Crippen MR) is 51.1 cm³/mol. The van der Waals surface area contributed by atoms with Crippen molar-refractivity contribution in [3.8, 4) is 0 Å². The fraction of sp³-hybridized carbons (Fsp3) is 0.222. The number of rotatable bonds is 0. The van der Waals surface area contributed by atoms with Crippen LogP contribution in [0.3, 0.4) is 0 Å². The molecule has 1 N–H and O–H groups in total. The average Bonchev–Trinajstić information content (AvgIpc) is 2.27. The molecule has 0 unspecified atom stereocenters. The monoisotopic (exact) mass is 193 g/mol. The van der Waals surface area contributed by atoms with Gasteiger partial charge in [0.15, 0.2) is 0 Å². The van der Waals surface area contributed by atoms with Gasteiger partial charge in [-0.05, 0) is 13.0 Å². The van der Waals surface area contributed by atoms with Crippen LogP contribution in [0.25, 0.3) is 0 Å². The molecule has 66 valence electrons. The fourth-order valence-electron chi connectivity index (χ4n) is 1.52. The smallest absolute Gasteiger partial charge is 0.260 e. The van der Waals surface area contributed by atoms with E-state index in [1.165, 1.54) is 0 Å². The van der Waals surface area contributed by atoms with Gasteiger partial charge in [-0.15, -0.1) is 0 Å². The molecule has 3 nitrogen and oxygen atoms in total. The highest BCUT2D eigenvalue weighted by Gasteiger charge is 2.33. The third-order valence-electron chi connectivity index (χ3n) is 2.08. The maximum Gasteiger partial charge on any atom is 0.260 e. The second kappa shape index (κ2) is 2.60. The molecule has 2 aliphatic rings. The minimum Gasteiger partial charge on any atom is -0.288 e. The van der Waals surface area contributed by atoms with Gasteiger partial charge in [0.05, 0.1) is 11.1 Å². The molecule has 0 aromatic rings. The van der Waals surface area contributed by atoms with Gasteiger partial charge in [0.1, 0.15) is 0 Å². The summed E-state index contributed by atoms with van der Waals surface area (Å²) in [6, 6.07) is 0.